The van der Waals surface area contributed by atoms with Crippen LogP contribution in [0.5, 0.6) is 0 Å². The van der Waals surface area contributed by atoms with Gasteiger partial charge in [-0.1, -0.05) is 37.3 Å². The molecule has 1 aromatic carbocycles. The van der Waals surface area contributed by atoms with Crippen molar-refractivity contribution < 1.29 is 0 Å². The molecule has 4 nitrogen and oxygen atoms in total. The van der Waals surface area contributed by atoms with Gasteiger partial charge < -0.3 is 10.6 Å². The summed E-state index contributed by atoms with van der Waals surface area (Å²) in [5.41, 5.74) is 1.00. The highest BCUT2D eigenvalue weighted by molar-refractivity contribution is 14.0. The molecule has 2 heterocycles. The van der Waals surface area contributed by atoms with Crippen LogP contribution in [-0.4, -0.2) is 24.0 Å². The number of rotatable bonds is 6. The van der Waals surface area contributed by atoms with E-state index in [2.05, 4.69) is 59.1 Å². The van der Waals surface area contributed by atoms with Crippen molar-refractivity contribution in [3.05, 3.63) is 64.6 Å². The van der Waals surface area contributed by atoms with E-state index in [0.29, 0.717) is 12.5 Å². The Morgan fingerprint density at radius 3 is 2.77 bits per heavy atom. The van der Waals surface area contributed by atoms with Gasteiger partial charge in [-0.15, -0.1) is 35.3 Å². The summed E-state index contributed by atoms with van der Waals surface area (Å²) in [4.78, 5) is 10.6. The van der Waals surface area contributed by atoms with Gasteiger partial charge in [0.1, 0.15) is 0 Å². The monoisotopic (exact) mass is 480 g/mol. The van der Waals surface area contributed by atoms with Crippen LogP contribution in [-0.2, 0) is 6.54 Å². The predicted octanol–water partition coefficient (Wildman–Crippen LogP) is 4.77. The molecule has 26 heavy (non-hydrogen) atoms. The average molecular weight is 480 g/mol. The van der Waals surface area contributed by atoms with Crippen molar-refractivity contribution in [2.24, 2.45) is 4.99 Å². The number of aliphatic imine (C=N–C) groups is 1. The Morgan fingerprint density at radius 1 is 1.15 bits per heavy atom. The van der Waals surface area contributed by atoms with E-state index in [-0.39, 0.29) is 24.0 Å². The normalized spacial score (nSPS) is 12.5. The topological polar surface area (TPSA) is 49.3 Å². The molecule has 0 aliphatic heterocycles. The summed E-state index contributed by atoms with van der Waals surface area (Å²) in [6.07, 6.45) is 1.85. The van der Waals surface area contributed by atoms with Crippen LogP contribution in [0.25, 0.3) is 10.8 Å². The second-order valence-corrected chi connectivity index (χ2v) is 6.95. The van der Waals surface area contributed by atoms with Gasteiger partial charge in [0.05, 0.1) is 12.2 Å². The second-order valence-electron chi connectivity index (χ2n) is 5.97. The number of nitrogens with zero attached hydrogens (tertiary/aromatic N) is 2. The molecule has 2 N–H and O–H groups in total. The van der Waals surface area contributed by atoms with Crippen molar-refractivity contribution in [2.75, 3.05) is 13.1 Å². The number of fused-ring (bicyclic) bond motifs is 1. The van der Waals surface area contributed by atoms with Crippen LogP contribution in [0.15, 0.2) is 59.0 Å². The highest BCUT2D eigenvalue weighted by Crippen LogP contribution is 2.20. The van der Waals surface area contributed by atoms with Gasteiger partial charge in [-0.25, -0.2) is 4.99 Å². The van der Waals surface area contributed by atoms with E-state index in [1.807, 2.05) is 24.4 Å². The number of benzene rings is 1. The van der Waals surface area contributed by atoms with Crippen molar-refractivity contribution in [3.8, 4) is 0 Å². The Bertz CT molecular complexity index is 827. The van der Waals surface area contributed by atoms with Gasteiger partial charge in [-0.2, -0.15) is 0 Å². The molecule has 3 aromatic rings. The molecule has 0 spiro atoms. The number of hydrogen-bond donors (Lipinski definition) is 2. The first kappa shape index (κ1) is 20.6. The molecule has 138 valence electrons. The number of nitrogens with one attached hydrogen (secondary N) is 2. The zero-order chi connectivity index (χ0) is 17.5. The standard InChI is InChI=1S/C20H24N4S.HI/c1-3-21-20(23-13-15(2)19-9-6-12-25-19)24-14-18-17-8-5-4-7-16(17)10-11-22-18;/h4-12,15H,3,13-14H2,1-2H3,(H2,21,23,24);1H. The van der Waals surface area contributed by atoms with Gasteiger partial charge in [-0.05, 0) is 29.8 Å². The van der Waals surface area contributed by atoms with Gasteiger partial charge in [-0.3, -0.25) is 4.98 Å². The van der Waals surface area contributed by atoms with Gasteiger partial charge in [0, 0.05) is 35.5 Å². The highest BCUT2D eigenvalue weighted by atomic mass is 127. The third-order valence-corrected chi connectivity index (χ3v) is 5.20. The number of hydrogen-bond acceptors (Lipinski definition) is 3. The summed E-state index contributed by atoms with van der Waals surface area (Å²) in [5.74, 6) is 1.29. The molecule has 1 unspecified atom stereocenters. The zero-order valence-corrected chi connectivity index (χ0v) is 18.3. The van der Waals surface area contributed by atoms with Crippen LogP contribution >= 0.6 is 35.3 Å². The van der Waals surface area contributed by atoms with E-state index in [4.69, 9.17) is 4.99 Å². The quantitative estimate of drug-likeness (QED) is 0.304. The lowest BCUT2D eigenvalue weighted by molar-refractivity contribution is 0.709. The molecule has 0 saturated heterocycles. The summed E-state index contributed by atoms with van der Waals surface area (Å²) in [7, 11) is 0. The molecular weight excluding hydrogens is 455 g/mol. The molecule has 1 atom stereocenters. The highest BCUT2D eigenvalue weighted by Gasteiger charge is 2.08. The third kappa shape index (κ3) is 5.41. The van der Waals surface area contributed by atoms with Crippen molar-refractivity contribution in [3.63, 3.8) is 0 Å². The number of halogens is 1. The van der Waals surface area contributed by atoms with E-state index in [0.717, 1.165) is 30.1 Å². The minimum atomic E-state index is 0. The molecule has 0 bridgehead atoms. The Labute approximate surface area is 176 Å². The van der Waals surface area contributed by atoms with Gasteiger partial charge in [0.2, 0.25) is 0 Å². The number of pyridine rings is 1. The van der Waals surface area contributed by atoms with E-state index in [1.165, 1.54) is 10.3 Å². The summed E-state index contributed by atoms with van der Waals surface area (Å²) < 4.78 is 0. The van der Waals surface area contributed by atoms with Crippen LogP contribution in [0, 0.1) is 0 Å². The summed E-state index contributed by atoms with van der Waals surface area (Å²) in [6, 6.07) is 14.6. The third-order valence-electron chi connectivity index (χ3n) is 4.09. The lowest BCUT2D eigenvalue weighted by Gasteiger charge is -2.15. The Kier molecular flexibility index (Phi) is 8.31. The Hall–Kier alpha value is -1.67. The van der Waals surface area contributed by atoms with Crippen LogP contribution in [0.2, 0.25) is 0 Å². The van der Waals surface area contributed by atoms with Crippen LogP contribution < -0.4 is 10.6 Å². The molecule has 0 aliphatic rings. The van der Waals surface area contributed by atoms with Crippen LogP contribution in [0.4, 0.5) is 0 Å². The smallest absolute Gasteiger partial charge is 0.191 e. The first-order valence-corrected chi connectivity index (χ1v) is 9.54. The van der Waals surface area contributed by atoms with Crippen molar-refractivity contribution in [1.29, 1.82) is 0 Å². The molecule has 0 radical (unpaired) electrons. The van der Waals surface area contributed by atoms with Gasteiger partial charge >= 0.3 is 0 Å². The zero-order valence-electron chi connectivity index (χ0n) is 15.1. The fourth-order valence-electron chi connectivity index (χ4n) is 2.73. The summed E-state index contributed by atoms with van der Waals surface area (Å²) in [5, 5.41) is 11.2. The van der Waals surface area contributed by atoms with E-state index < -0.39 is 0 Å². The fraction of sp³-hybridized carbons (Fsp3) is 0.300. The predicted molar refractivity (Wildman–Crippen MR) is 123 cm³/mol. The minimum absolute atomic E-state index is 0. The second kappa shape index (κ2) is 10.5. The average Bonchev–Trinajstić information content (AvgIpc) is 3.18. The SMILES string of the molecule is CCNC(=NCc1nccc2ccccc12)NCC(C)c1cccs1.I. The molecule has 0 saturated carbocycles. The van der Waals surface area contributed by atoms with Crippen molar-refractivity contribution in [2.45, 2.75) is 26.3 Å². The maximum atomic E-state index is 4.72. The maximum absolute atomic E-state index is 4.72. The summed E-state index contributed by atoms with van der Waals surface area (Å²) in [6.45, 7) is 6.56. The number of thiophene rings is 1. The molecular formula is C20H25IN4S. The Balaban J connectivity index is 0.00000243. The van der Waals surface area contributed by atoms with Gasteiger partial charge in [0.15, 0.2) is 5.96 Å². The molecule has 2 aromatic heterocycles. The molecule has 0 aliphatic carbocycles. The van der Waals surface area contributed by atoms with Crippen molar-refractivity contribution >= 4 is 52.0 Å². The Morgan fingerprint density at radius 2 is 2.00 bits per heavy atom. The molecule has 6 heteroatoms. The first-order valence-electron chi connectivity index (χ1n) is 8.66. The van der Waals surface area contributed by atoms with Crippen LogP contribution in [0.3, 0.4) is 0 Å². The number of guanidine groups is 1. The van der Waals surface area contributed by atoms with Crippen molar-refractivity contribution in [1.82, 2.24) is 15.6 Å². The van der Waals surface area contributed by atoms with Crippen LogP contribution in [0.1, 0.15) is 30.3 Å². The lowest BCUT2D eigenvalue weighted by atomic mass is 10.1. The van der Waals surface area contributed by atoms with Gasteiger partial charge in [0.25, 0.3) is 0 Å². The minimum Gasteiger partial charge on any atom is -0.357 e. The molecule has 3 rings (SSSR count). The first-order chi connectivity index (χ1) is 12.3. The number of aromatic nitrogens is 1. The van der Waals surface area contributed by atoms with E-state index in [1.54, 1.807) is 11.3 Å². The molecule has 0 amide bonds. The molecule has 0 fully saturated rings. The summed E-state index contributed by atoms with van der Waals surface area (Å²) >= 11 is 1.80. The largest absolute Gasteiger partial charge is 0.357 e. The lowest BCUT2D eigenvalue weighted by Crippen LogP contribution is -2.39. The van der Waals surface area contributed by atoms with E-state index in [9.17, 15) is 0 Å². The fourth-order valence-corrected chi connectivity index (χ4v) is 3.51. The maximum Gasteiger partial charge on any atom is 0.191 e. The van der Waals surface area contributed by atoms with E-state index >= 15 is 0 Å².